The van der Waals surface area contributed by atoms with Crippen LogP contribution in [0, 0.1) is 13.8 Å². The van der Waals surface area contributed by atoms with E-state index in [-0.39, 0.29) is 25.1 Å². The van der Waals surface area contributed by atoms with Crippen LogP contribution in [0.15, 0.2) is 60.0 Å². The lowest BCUT2D eigenvalue weighted by Gasteiger charge is -2.37. The summed E-state index contributed by atoms with van der Waals surface area (Å²) >= 11 is 1.75. The van der Waals surface area contributed by atoms with Gasteiger partial charge in [-0.2, -0.15) is 0 Å². The number of nitrogens with zero attached hydrogens (tertiary/aromatic N) is 2. The maximum Gasteiger partial charge on any atom is 0.237 e. The summed E-state index contributed by atoms with van der Waals surface area (Å²) in [5.74, 6) is 1.66. The van der Waals surface area contributed by atoms with Gasteiger partial charge in [-0.25, -0.2) is 0 Å². The first-order valence-corrected chi connectivity index (χ1v) is 14.0. The topological polar surface area (TPSA) is 62.2 Å². The van der Waals surface area contributed by atoms with Crippen LogP contribution in [0.4, 0.5) is 0 Å². The van der Waals surface area contributed by atoms with Gasteiger partial charge < -0.3 is 19.5 Å². The summed E-state index contributed by atoms with van der Waals surface area (Å²) in [6.45, 7) is 8.77. The van der Waals surface area contributed by atoms with Gasteiger partial charge in [-0.1, -0.05) is 37.3 Å². The first kappa shape index (κ1) is 27.2. The molecule has 0 saturated heterocycles. The van der Waals surface area contributed by atoms with Crippen molar-refractivity contribution in [3.05, 3.63) is 81.5 Å². The summed E-state index contributed by atoms with van der Waals surface area (Å²) < 4.78 is 12.0. The Morgan fingerprint density at radius 3 is 2.78 bits per heavy atom. The number of aryl methyl sites for hydroxylation is 2. The lowest BCUT2D eigenvalue weighted by molar-refractivity contribution is -0.136. The minimum absolute atomic E-state index is 0.0650. The molecule has 3 aromatic rings. The van der Waals surface area contributed by atoms with E-state index in [1.54, 1.807) is 11.3 Å². The largest absolute Gasteiger partial charge is 0.491 e. The number of hydrogen-bond acceptors (Lipinski definition) is 6. The fraction of sp³-hybridized carbons (Fsp3) is 0.433. The fourth-order valence-electron chi connectivity index (χ4n) is 4.84. The quantitative estimate of drug-likeness (QED) is 0.362. The molecule has 1 aromatic heterocycles. The van der Waals surface area contributed by atoms with Crippen LogP contribution in [-0.4, -0.2) is 66.3 Å². The van der Waals surface area contributed by atoms with E-state index in [0.717, 1.165) is 42.0 Å². The van der Waals surface area contributed by atoms with Gasteiger partial charge in [0.1, 0.15) is 30.8 Å². The summed E-state index contributed by atoms with van der Waals surface area (Å²) in [6.07, 6.45) is 1.07. The van der Waals surface area contributed by atoms with E-state index < -0.39 is 6.10 Å². The number of thiophene rings is 1. The molecule has 1 amide bonds. The van der Waals surface area contributed by atoms with Gasteiger partial charge in [0.15, 0.2) is 0 Å². The van der Waals surface area contributed by atoms with Gasteiger partial charge in [-0.3, -0.25) is 9.69 Å². The lowest BCUT2D eigenvalue weighted by Crippen LogP contribution is -2.48. The molecule has 0 aliphatic carbocycles. The van der Waals surface area contributed by atoms with Crippen molar-refractivity contribution in [2.45, 2.75) is 45.8 Å². The minimum atomic E-state index is -0.691. The van der Waals surface area contributed by atoms with Crippen LogP contribution in [-0.2, 0) is 11.2 Å². The van der Waals surface area contributed by atoms with Crippen molar-refractivity contribution in [1.29, 1.82) is 0 Å². The zero-order chi connectivity index (χ0) is 26.2. The highest BCUT2D eigenvalue weighted by atomic mass is 32.1. The molecule has 1 aliphatic heterocycles. The summed E-state index contributed by atoms with van der Waals surface area (Å²) in [6, 6.07) is 17.8. The predicted molar refractivity (Wildman–Crippen MR) is 149 cm³/mol. The number of rotatable bonds is 12. The maximum atomic E-state index is 13.6. The number of amides is 1. The molecule has 2 aromatic carbocycles. The van der Waals surface area contributed by atoms with Gasteiger partial charge in [-0.15, -0.1) is 11.3 Å². The molecule has 4 rings (SSSR count). The van der Waals surface area contributed by atoms with Gasteiger partial charge in [0.2, 0.25) is 5.91 Å². The maximum absolute atomic E-state index is 13.6. The second kappa shape index (κ2) is 13.1. The Labute approximate surface area is 224 Å². The number of carbonyl (C=O) groups excluding carboxylic acids is 1. The molecule has 0 fully saturated rings. The first-order chi connectivity index (χ1) is 17.9. The number of para-hydroxylation sites is 1. The second-order valence-corrected chi connectivity index (χ2v) is 10.7. The van der Waals surface area contributed by atoms with Crippen LogP contribution >= 0.6 is 11.3 Å². The van der Waals surface area contributed by atoms with Crippen molar-refractivity contribution in [3.8, 4) is 11.5 Å². The van der Waals surface area contributed by atoms with Gasteiger partial charge in [0.05, 0.1) is 12.6 Å². The summed E-state index contributed by atoms with van der Waals surface area (Å²) in [7, 11) is 0. The molecule has 7 heteroatoms. The van der Waals surface area contributed by atoms with Crippen LogP contribution in [0.5, 0.6) is 11.5 Å². The molecule has 6 nitrogen and oxygen atoms in total. The summed E-state index contributed by atoms with van der Waals surface area (Å²) in [5, 5.41) is 12.8. The van der Waals surface area contributed by atoms with E-state index in [1.807, 2.05) is 72.2 Å². The summed E-state index contributed by atoms with van der Waals surface area (Å²) in [5.41, 5.74) is 3.36. The third kappa shape index (κ3) is 7.34. The standard InChI is InChI=1S/C30H38N2O4S/c1-4-14-31(18-24(33)20-36-28-11-6-5-9-23(28)3)19-30(34)32-15-12-29-26(13-16-37-29)27(32)21-35-25-10-7-8-22(2)17-25/h5-11,13,16-17,24,27,33H,4,12,14-15,18-21H2,1-3H3. The Hall–Kier alpha value is -2.87. The van der Waals surface area contributed by atoms with Gasteiger partial charge in [0, 0.05) is 18.0 Å². The number of ether oxygens (including phenoxy) is 2. The van der Waals surface area contributed by atoms with Crippen LogP contribution in [0.1, 0.15) is 41.0 Å². The monoisotopic (exact) mass is 522 g/mol. The number of hydrogen-bond donors (Lipinski definition) is 1. The average Bonchev–Trinajstić information content (AvgIpc) is 3.36. The third-order valence-electron chi connectivity index (χ3n) is 6.71. The number of fused-ring (bicyclic) bond motifs is 1. The third-order valence-corrected chi connectivity index (χ3v) is 7.70. The van der Waals surface area contributed by atoms with Crippen LogP contribution in [0.3, 0.4) is 0 Å². The number of aliphatic hydroxyl groups is 1. The highest BCUT2D eigenvalue weighted by Crippen LogP contribution is 2.34. The van der Waals surface area contributed by atoms with Crippen LogP contribution in [0.25, 0.3) is 0 Å². The molecule has 2 heterocycles. The fourth-order valence-corrected chi connectivity index (χ4v) is 5.77. The Balaban J connectivity index is 1.39. The molecule has 1 aliphatic rings. The molecule has 1 N–H and O–H groups in total. The molecular weight excluding hydrogens is 484 g/mol. The van der Waals surface area contributed by atoms with E-state index in [4.69, 9.17) is 9.47 Å². The van der Waals surface area contributed by atoms with Crippen molar-refractivity contribution in [3.63, 3.8) is 0 Å². The Kier molecular flexibility index (Phi) is 9.61. The number of carbonyl (C=O) groups is 1. The van der Waals surface area contributed by atoms with Crippen LogP contribution in [0.2, 0.25) is 0 Å². The molecule has 0 bridgehead atoms. The normalized spacial score (nSPS) is 15.9. The van der Waals surface area contributed by atoms with Gasteiger partial charge in [0.25, 0.3) is 0 Å². The van der Waals surface area contributed by atoms with Crippen molar-refractivity contribution >= 4 is 17.2 Å². The van der Waals surface area contributed by atoms with Gasteiger partial charge >= 0.3 is 0 Å². The summed E-state index contributed by atoms with van der Waals surface area (Å²) in [4.78, 5) is 18.9. The van der Waals surface area contributed by atoms with E-state index in [1.165, 1.54) is 10.4 Å². The highest BCUT2D eigenvalue weighted by Gasteiger charge is 2.33. The van der Waals surface area contributed by atoms with E-state index in [2.05, 4.69) is 18.4 Å². The molecule has 37 heavy (non-hydrogen) atoms. The minimum Gasteiger partial charge on any atom is -0.491 e. The predicted octanol–water partition coefficient (Wildman–Crippen LogP) is 5.02. The lowest BCUT2D eigenvalue weighted by atomic mass is 10.0. The van der Waals surface area contributed by atoms with Gasteiger partial charge in [-0.05, 0) is 79.6 Å². The molecule has 0 saturated carbocycles. The van der Waals surface area contributed by atoms with E-state index >= 15 is 0 Å². The molecule has 2 unspecified atom stereocenters. The molecule has 2 atom stereocenters. The number of benzene rings is 2. The van der Waals surface area contributed by atoms with Crippen molar-refractivity contribution in [2.24, 2.45) is 0 Å². The zero-order valence-corrected chi connectivity index (χ0v) is 22.9. The average molecular weight is 523 g/mol. The van der Waals surface area contributed by atoms with E-state index in [9.17, 15) is 9.90 Å². The van der Waals surface area contributed by atoms with Crippen LogP contribution < -0.4 is 9.47 Å². The smallest absolute Gasteiger partial charge is 0.237 e. The molecule has 0 radical (unpaired) electrons. The first-order valence-electron chi connectivity index (χ1n) is 13.1. The SMILES string of the molecule is CCCN(CC(=O)N1CCc2sccc2C1COc1cccc(C)c1)CC(O)COc1ccccc1C. The molecule has 198 valence electrons. The van der Waals surface area contributed by atoms with Crippen molar-refractivity contribution in [2.75, 3.05) is 39.4 Å². The number of aliphatic hydroxyl groups excluding tert-OH is 1. The molecular formula is C30H38N2O4S. The highest BCUT2D eigenvalue weighted by molar-refractivity contribution is 7.10. The van der Waals surface area contributed by atoms with Crippen molar-refractivity contribution in [1.82, 2.24) is 9.80 Å². The Morgan fingerprint density at radius 2 is 2.00 bits per heavy atom. The van der Waals surface area contributed by atoms with E-state index in [0.29, 0.717) is 19.7 Å². The second-order valence-electron chi connectivity index (χ2n) is 9.75. The Morgan fingerprint density at radius 1 is 1.16 bits per heavy atom. The zero-order valence-electron chi connectivity index (χ0n) is 22.1. The molecule has 0 spiro atoms. The van der Waals surface area contributed by atoms with Crippen molar-refractivity contribution < 1.29 is 19.4 Å². The Bertz CT molecular complexity index is 1160.